The molecule has 1 heterocycles. The molecule has 0 saturated heterocycles. The number of halogens is 1. The van der Waals surface area contributed by atoms with E-state index in [4.69, 9.17) is 9.47 Å². The lowest BCUT2D eigenvalue weighted by atomic mass is 10.2. The van der Waals surface area contributed by atoms with E-state index in [-0.39, 0.29) is 18.1 Å². The smallest absolute Gasteiger partial charge is 0.282 e. The van der Waals surface area contributed by atoms with Gasteiger partial charge in [0.25, 0.3) is 11.5 Å². The summed E-state index contributed by atoms with van der Waals surface area (Å²) in [5, 5.41) is 7.79. The van der Waals surface area contributed by atoms with E-state index in [0.717, 1.165) is 22.1 Å². The van der Waals surface area contributed by atoms with E-state index in [2.05, 4.69) is 31.3 Å². The quantitative estimate of drug-likeness (QED) is 0.278. The number of ether oxygens (including phenoxy) is 2. The van der Waals surface area contributed by atoms with Crippen LogP contribution in [0.4, 0.5) is 5.69 Å². The molecular formula is C28H27BrN4O4. The Morgan fingerprint density at radius 3 is 2.73 bits per heavy atom. The number of amides is 1. The van der Waals surface area contributed by atoms with Crippen LogP contribution in [0.2, 0.25) is 0 Å². The minimum absolute atomic E-state index is 0.234. The van der Waals surface area contributed by atoms with Crippen LogP contribution in [0.5, 0.6) is 11.5 Å². The van der Waals surface area contributed by atoms with Crippen LogP contribution in [0.1, 0.15) is 30.3 Å². The molecule has 0 aliphatic rings. The topological polar surface area (TPSA) is 94.8 Å². The average molecular weight is 563 g/mol. The van der Waals surface area contributed by atoms with Gasteiger partial charge < -0.3 is 14.8 Å². The molecule has 0 unspecified atom stereocenters. The van der Waals surface area contributed by atoms with Crippen molar-refractivity contribution in [3.8, 4) is 11.5 Å². The molecule has 8 nitrogen and oxygen atoms in total. The fourth-order valence-corrected chi connectivity index (χ4v) is 4.17. The van der Waals surface area contributed by atoms with Gasteiger partial charge in [-0.1, -0.05) is 47.1 Å². The monoisotopic (exact) mass is 562 g/mol. The van der Waals surface area contributed by atoms with Crippen molar-refractivity contribution in [1.82, 2.24) is 9.66 Å². The van der Waals surface area contributed by atoms with E-state index < -0.39 is 0 Å². The van der Waals surface area contributed by atoms with E-state index in [1.165, 1.54) is 18.0 Å². The molecule has 1 amide bonds. The Morgan fingerprint density at radius 2 is 1.97 bits per heavy atom. The molecule has 4 rings (SSSR count). The summed E-state index contributed by atoms with van der Waals surface area (Å²) < 4.78 is 13.4. The number of carbonyl (C=O) groups is 1. The van der Waals surface area contributed by atoms with Gasteiger partial charge in [0.05, 0.1) is 24.2 Å². The van der Waals surface area contributed by atoms with Gasteiger partial charge >= 0.3 is 0 Å². The normalized spacial score (nSPS) is 11.1. The van der Waals surface area contributed by atoms with E-state index in [1.54, 1.807) is 24.3 Å². The number of anilines is 1. The molecule has 9 heteroatoms. The van der Waals surface area contributed by atoms with Crippen molar-refractivity contribution in [2.24, 2.45) is 5.10 Å². The number of rotatable bonds is 9. The van der Waals surface area contributed by atoms with E-state index >= 15 is 0 Å². The van der Waals surface area contributed by atoms with Crippen molar-refractivity contribution < 1.29 is 14.3 Å². The van der Waals surface area contributed by atoms with Gasteiger partial charge in [-0.2, -0.15) is 9.78 Å². The molecule has 1 aromatic heterocycles. The van der Waals surface area contributed by atoms with Crippen LogP contribution in [0.3, 0.4) is 0 Å². The van der Waals surface area contributed by atoms with Gasteiger partial charge in [-0.25, -0.2) is 4.98 Å². The summed E-state index contributed by atoms with van der Waals surface area (Å²) in [5.74, 6) is 1.03. The number of hydrogen-bond donors (Lipinski definition) is 1. The second-order valence-electron chi connectivity index (χ2n) is 8.33. The summed E-state index contributed by atoms with van der Waals surface area (Å²) in [4.78, 5) is 30.5. The molecule has 0 saturated carbocycles. The van der Waals surface area contributed by atoms with Gasteiger partial charge in [-0.15, -0.1) is 0 Å². The van der Waals surface area contributed by atoms with Crippen molar-refractivity contribution in [1.29, 1.82) is 0 Å². The summed E-state index contributed by atoms with van der Waals surface area (Å²) in [6.45, 7) is 3.70. The van der Waals surface area contributed by atoms with Gasteiger partial charge in [0, 0.05) is 22.1 Å². The average Bonchev–Trinajstić information content (AvgIpc) is 2.89. The standard InChI is InChI=1S/C28H27BrN4O4/c1-4-8-25-31-23-14-13-20(29)15-21(23)28(35)33(25)30-16-19-10-7-12-24(36-3)27(19)37-17-26(34)32-22-11-6-5-9-18(22)2/h5-7,9-16H,4,8,17H2,1-3H3,(H,32,34). The molecule has 37 heavy (non-hydrogen) atoms. The molecule has 0 atom stereocenters. The van der Waals surface area contributed by atoms with Gasteiger partial charge in [0.1, 0.15) is 5.82 Å². The molecule has 0 aliphatic carbocycles. The Kier molecular flexibility index (Phi) is 8.35. The molecule has 4 aromatic rings. The molecule has 190 valence electrons. The third kappa shape index (κ3) is 6.06. The summed E-state index contributed by atoms with van der Waals surface area (Å²) in [6.07, 6.45) is 2.90. The van der Waals surface area contributed by atoms with Crippen molar-refractivity contribution >= 4 is 44.6 Å². The van der Waals surface area contributed by atoms with E-state index in [0.29, 0.717) is 40.2 Å². The van der Waals surface area contributed by atoms with Crippen LogP contribution < -0.4 is 20.3 Å². The lowest BCUT2D eigenvalue weighted by Crippen LogP contribution is -2.23. The number of methoxy groups -OCH3 is 1. The Morgan fingerprint density at radius 1 is 1.16 bits per heavy atom. The number of benzene rings is 3. The summed E-state index contributed by atoms with van der Waals surface area (Å²) in [5.41, 5.74) is 2.57. The van der Waals surface area contributed by atoms with Gasteiger partial charge in [-0.3, -0.25) is 9.59 Å². The Bertz CT molecular complexity index is 1530. The number of aryl methyl sites for hydroxylation is 2. The number of carbonyl (C=O) groups excluding carboxylic acids is 1. The molecule has 1 N–H and O–H groups in total. The maximum Gasteiger partial charge on any atom is 0.282 e. The van der Waals surface area contributed by atoms with Crippen LogP contribution in [0.25, 0.3) is 10.9 Å². The molecule has 0 aliphatic heterocycles. The zero-order valence-electron chi connectivity index (χ0n) is 20.8. The number of nitrogens with one attached hydrogen (secondary N) is 1. The van der Waals surface area contributed by atoms with Gasteiger partial charge in [-0.05, 0) is 55.3 Å². The first-order valence-electron chi connectivity index (χ1n) is 11.8. The zero-order chi connectivity index (χ0) is 26.4. The van der Waals surface area contributed by atoms with Crippen molar-refractivity contribution in [2.45, 2.75) is 26.7 Å². The SMILES string of the molecule is CCCc1nc2ccc(Br)cc2c(=O)n1N=Cc1cccc(OC)c1OCC(=O)Nc1ccccc1C. The predicted molar refractivity (Wildman–Crippen MR) is 149 cm³/mol. The number of hydrogen-bond acceptors (Lipinski definition) is 6. The lowest BCUT2D eigenvalue weighted by Gasteiger charge is -2.14. The van der Waals surface area contributed by atoms with Crippen LogP contribution in [0.15, 0.2) is 75.0 Å². The molecule has 0 spiro atoms. The van der Waals surface area contributed by atoms with E-state index in [1.807, 2.05) is 50.2 Å². The van der Waals surface area contributed by atoms with Gasteiger partial charge in [0.15, 0.2) is 18.1 Å². The van der Waals surface area contributed by atoms with E-state index in [9.17, 15) is 9.59 Å². The summed E-state index contributed by atoms with van der Waals surface area (Å²) in [7, 11) is 1.52. The highest BCUT2D eigenvalue weighted by Gasteiger charge is 2.14. The number of aromatic nitrogens is 2. The van der Waals surface area contributed by atoms with Crippen LogP contribution >= 0.6 is 15.9 Å². The molecule has 0 bridgehead atoms. The van der Waals surface area contributed by atoms with Crippen LogP contribution in [-0.4, -0.2) is 35.5 Å². The highest BCUT2D eigenvalue weighted by molar-refractivity contribution is 9.10. The Labute approximate surface area is 223 Å². The highest BCUT2D eigenvalue weighted by atomic mass is 79.9. The van der Waals surface area contributed by atoms with Crippen LogP contribution in [0, 0.1) is 6.92 Å². The van der Waals surface area contributed by atoms with Gasteiger partial charge in [0.2, 0.25) is 0 Å². The number of para-hydroxylation sites is 2. The second-order valence-corrected chi connectivity index (χ2v) is 9.25. The summed E-state index contributed by atoms with van der Waals surface area (Å²) in [6, 6.07) is 18.2. The largest absolute Gasteiger partial charge is 0.493 e. The van der Waals surface area contributed by atoms with Crippen molar-refractivity contribution in [2.75, 3.05) is 19.0 Å². The Balaban J connectivity index is 1.65. The first-order chi connectivity index (χ1) is 17.9. The molecule has 0 radical (unpaired) electrons. The fourth-order valence-electron chi connectivity index (χ4n) is 3.81. The molecular weight excluding hydrogens is 536 g/mol. The number of nitrogens with zero attached hydrogens (tertiary/aromatic N) is 3. The first-order valence-corrected chi connectivity index (χ1v) is 12.6. The van der Waals surface area contributed by atoms with Crippen LogP contribution in [-0.2, 0) is 11.2 Å². The second kappa shape index (κ2) is 11.8. The molecule has 0 fully saturated rings. The zero-order valence-corrected chi connectivity index (χ0v) is 22.4. The lowest BCUT2D eigenvalue weighted by molar-refractivity contribution is -0.118. The Hall–Kier alpha value is -3.98. The first kappa shape index (κ1) is 26.1. The minimum Gasteiger partial charge on any atom is -0.493 e. The maximum atomic E-state index is 13.3. The third-order valence-corrected chi connectivity index (χ3v) is 6.15. The molecule has 3 aromatic carbocycles. The highest BCUT2D eigenvalue weighted by Crippen LogP contribution is 2.30. The summed E-state index contributed by atoms with van der Waals surface area (Å²) >= 11 is 3.42. The predicted octanol–water partition coefficient (Wildman–Crippen LogP) is 5.33. The minimum atomic E-state index is -0.311. The number of fused-ring (bicyclic) bond motifs is 1. The van der Waals surface area contributed by atoms with Crippen molar-refractivity contribution in [3.05, 3.63) is 92.4 Å². The fraction of sp³-hybridized carbons (Fsp3) is 0.214. The maximum absolute atomic E-state index is 13.3. The van der Waals surface area contributed by atoms with Crippen molar-refractivity contribution in [3.63, 3.8) is 0 Å². The third-order valence-electron chi connectivity index (χ3n) is 5.66.